The Morgan fingerprint density at radius 2 is 1.93 bits per heavy atom. The maximum atomic E-state index is 8.59. The summed E-state index contributed by atoms with van der Waals surface area (Å²) in [6, 6.07) is 7.74. The van der Waals surface area contributed by atoms with Crippen molar-refractivity contribution >= 4 is 23.1 Å². The van der Waals surface area contributed by atoms with Gasteiger partial charge >= 0.3 is 0 Å². The van der Waals surface area contributed by atoms with Crippen molar-refractivity contribution in [2.75, 3.05) is 35.7 Å². The Hall–Kier alpha value is -0.870. The Bertz CT molecular complexity index is 264. The van der Waals surface area contributed by atoms with Crippen molar-refractivity contribution in [2.24, 2.45) is 0 Å². The molecule has 0 amide bonds. The number of hydrogen-bond acceptors (Lipinski definition) is 4. The van der Waals surface area contributed by atoms with Gasteiger partial charge in [-0.1, -0.05) is 0 Å². The lowest BCUT2D eigenvalue weighted by Gasteiger charge is -2.06. The molecule has 84 valence electrons. The highest BCUT2D eigenvalue weighted by molar-refractivity contribution is 7.99. The van der Waals surface area contributed by atoms with Crippen LogP contribution in [0.5, 0.6) is 0 Å². The number of rotatable bonds is 7. The Kier molecular flexibility index (Phi) is 6.04. The van der Waals surface area contributed by atoms with Crippen molar-refractivity contribution in [2.45, 2.75) is 6.42 Å². The molecule has 0 aliphatic rings. The zero-order chi connectivity index (χ0) is 10.9. The van der Waals surface area contributed by atoms with Gasteiger partial charge in [0.15, 0.2) is 0 Å². The normalized spacial score (nSPS) is 10.2. The SMILES string of the molecule is Nc1ccc(NCCSCCCO)cc1. The minimum atomic E-state index is 0.290. The zero-order valence-corrected chi connectivity index (χ0v) is 9.59. The molecule has 1 aromatic carbocycles. The van der Waals surface area contributed by atoms with Crippen LogP contribution in [-0.4, -0.2) is 29.8 Å². The van der Waals surface area contributed by atoms with E-state index in [-0.39, 0.29) is 0 Å². The molecule has 0 saturated carbocycles. The van der Waals surface area contributed by atoms with Crippen LogP contribution in [0.2, 0.25) is 0 Å². The Balaban J connectivity index is 2.07. The first-order chi connectivity index (χ1) is 7.33. The monoisotopic (exact) mass is 226 g/mol. The average molecular weight is 226 g/mol. The second-order valence-corrected chi connectivity index (χ2v) is 4.46. The largest absolute Gasteiger partial charge is 0.399 e. The van der Waals surface area contributed by atoms with Crippen molar-refractivity contribution in [1.29, 1.82) is 0 Å². The second kappa shape index (κ2) is 7.43. The highest BCUT2D eigenvalue weighted by atomic mass is 32.2. The fourth-order valence-electron chi connectivity index (χ4n) is 1.14. The smallest absolute Gasteiger partial charge is 0.0438 e. The van der Waals surface area contributed by atoms with E-state index in [4.69, 9.17) is 10.8 Å². The van der Waals surface area contributed by atoms with E-state index in [1.165, 1.54) is 0 Å². The number of hydrogen-bond donors (Lipinski definition) is 3. The molecule has 0 bridgehead atoms. The van der Waals surface area contributed by atoms with Gasteiger partial charge < -0.3 is 16.2 Å². The molecule has 0 aliphatic heterocycles. The van der Waals surface area contributed by atoms with E-state index in [1.54, 1.807) is 0 Å². The lowest BCUT2D eigenvalue weighted by Crippen LogP contribution is -2.04. The Morgan fingerprint density at radius 1 is 1.20 bits per heavy atom. The molecule has 0 radical (unpaired) electrons. The first kappa shape index (κ1) is 12.2. The van der Waals surface area contributed by atoms with E-state index in [2.05, 4.69) is 5.32 Å². The molecule has 15 heavy (non-hydrogen) atoms. The minimum Gasteiger partial charge on any atom is -0.399 e. The van der Waals surface area contributed by atoms with Crippen molar-refractivity contribution in [3.05, 3.63) is 24.3 Å². The van der Waals surface area contributed by atoms with Gasteiger partial charge in [-0.15, -0.1) is 0 Å². The lowest BCUT2D eigenvalue weighted by molar-refractivity contribution is 0.296. The number of thioether (sulfide) groups is 1. The number of nitrogens with two attached hydrogens (primary N) is 1. The second-order valence-electron chi connectivity index (χ2n) is 3.24. The molecular weight excluding hydrogens is 208 g/mol. The third kappa shape index (κ3) is 5.54. The summed E-state index contributed by atoms with van der Waals surface area (Å²) < 4.78 is 0. The maximum Gasteiger partial charge on any atom is 0.0438 e. The van der Waals surface area contributed by atoms with E-state index in [0.717, 1.165) is 35.8 Å². The summed E-state index contributed by atoms with van der Waals surface area (Å²) in [4.78, 5) is 0. The first-order valence-electron chi connectivity index (χ1n) is 5.11. The molecule has 0 saturated heterocycles. The van der Waals surface area contributed by atoms with Crippen molar-refractivity contribution < 1.29 is 5.11 Å². The number of benzene rings is 1. The molecule has 0 fully saturated rings. The summed E-state index contributed by atoms with van der Waals surface area (Å²) >= 11 is 1.85. The third-order valence-electron chi connectivity index (χ3n) is 1.93. The van der Waals surface area contributed by atoms with Crippen LogP contribution in [0.4, 0.5) is 11.4 Å². The van der Waals surface area contributed by atoms with Crippen LogP contribution in [0, 0.1) is 0 Å². The van der Waals surface area contributed by atoms with Gasteiger partial charge in [0.25, 0.3) is 0 Å². The van der Waals surface area contributed by atoms with Crippen LogP contribution in [0.3, 0.4) is 0 Å². The van der Waals surface area contributed by atoms with E-state index in [0.29, 0.717) is 6.61 Å². The summed E-state index contributed by atoms with van der Waals surface area (Å²) in [5, 5.41) is 11.9. The van der Waals surface area contributed by atoms with Crippen LogP contribution in [0.25, 0.3) is 0 Å². The standard InChI is InChI=1S/C11H18N2OS/c12-10-2-4-11(5-3-10)13-6-9-15-8-1-7-14/h2-5,13-14H,1,6-9,12H2. The summed E-state index contributed by atoms with van der Waals surface area (Å²) in [5.41, 5.74) is 7.47. The van der Waals surface area contributed by atoms with Crippen LogP contribution in [-0.2, 0) is 0 Å². The molecule has 0 aliphatic carbocycles. The van der Waals surface area contributed by atoms with E-state index in [9.17, 15) is 0 Å². The molecule has 0 unspecified atom stereocenters. The van der Waals surface area contributed by atoms with Gasteiger partial charge in [-0.2, -0.15) is 11.8 Å². The van der Waals surface area contributed by atoms with Crippen LogP contribution >= 0.6 is 11.8 Å². The molecule has 3 nitrogen and oxygen atoms in total. The number of aliphatic hydroxyl groups excluding tert-OH is 1. The molecule has 1 aromatic rings. The van der Waals surface area contributed by atoms with Gasteiger partial charge in [0.05, 0.1) is 0 Å². The molecule has 1 rings (SSSR count). The molecule has 0 aromatic heterocycles. The molecule has 0 heterocycles. The van der Waals surface area contributed by atoms with Crippen LogP contribution in [0.1, 0.15) is 6.42 Å². The molecular formula is C11H18N2OS. The lowest BCUT2D eigenvalue weighted by atomic mass is 10.3. The predicted molar refractivity (Wildman–Crippen MR) is 68.4 cm³/mol. The van der Waals surface area contributed by atoms with Gasteiger partial charge in [0, 0.05) is 30.3 Å². The zero-order valence-electron chi connectivity index (χ0n) is 8.78. The first-order valence-corrected chi connectivity index (χ1v) is 6.26. The fourth-order valence-corrected chi connectivity index (χ4v) is 1.92. The van der Waals surface area contributed by atoms with Crippen molar-refractivity contribution in [3.8, 4) is 0 Å². The van der Waals surface area contributed by atoms with Gasteiger partial charge in [-0.3, -0.25) is 0 Å². The molecule has 4 heteroatoms. The molecule has 4 N–H and O–H groups in total. The summed E-state index contributed by atoms with van der Waals surface area (Å²) in [7, 11) is 0. The number of nitrogen functional groups attached to an aromatic ring is 1. The average Bonchev–Trinajstić information content (AvgIpc) is 2.26. The van der Waals surface area contributed by atoms with Crippen molar-refractivity contribution in [3.63, 3.8) is 0 Å². The highest BCUT2D eigenvalue weighted by Gasteiger charge is 1.92. The van der Waals surface area contributed by atoms with Gasteiger partial charge in [0.1, 0.15) is 0 Å². The topological polar surface area (TPSA) is 58.3 Å². The summed E-state index contributed by atoms with van der Waals surface area (Å²) in [6.45, 7) is 1.23. The Morgan fingerprint density at radius 3 is 2.60 bits per heavy atom. The van der Waals surface area contributed by atoms with E-state index >= 15 is 0 Å². The molecule has 0 spiro atoms. The number of anilines is 2. The quantitative estimate of drug-likeness (QED) is 0.490. The van der Waals surface area contributed by atoms with Gasteiger partial charge in [0.2, 0.25) is 0 Å². The predicted octanol–water partition coefficient (Wildman–Crippen LogP) is 1.80. The fraction of sp³-hybridized carbons (Fsp3) is 0.455. The molecule has 0 atom stereocenters. The van der Waals surface area contributed by atoms with Crippen LogP contribution in [0.15, 0.2) is 24.3 Å². The number of aliphatic hydroxyl groups is 1. The summed E-state index contributed by atoms with van der Waals surface area (Å²) in [5.74, 6) is 2.09. The Labute approximate surface area is 95.1 Å². The highest BCUT2D eigenvalue weighted by Crippen LogP contribution is 2.10. The van der Waals surface area contributed by atoms with Crippen molar-refractivity contribution in [1.82, 2.24) is 0 Å². The number of nitrogens with one attached hydrogen (secondary N) is 1. The van der Waals surface area contributed by atoms with E-state index in [1.807, 2.05) is 36.0 Å². The minimum absolute atomic E-state index is 0.290. The van der Waals surface area contributed by atoms with Gasteiger partial charge in [-0.05, 0) is 36.4 Å². The van der Waals surface area contributed by atoms with Gasteiger partial charge in [-0.25, -0.2) is 0 Å². The third-order valence-corrected chi connectivity index (χ3v) is 3.00. The summed E-state index contributed by atoms with van der Waals surface area (Å²) in [6.07, 6.45) is 0.881. The van der Waals surface area contributed by atoms with Crippen LogP contribution < -0.4 is 11.1 Å². The maximum absolute atomic E-state index is 8.59. The van der Waals surface area contributed by atoms with E-state index < -0.39 is 0 Å².